The van der Waals surface area contributed by atoms with Crippen molar-refractivity contribution in [3.8, 4) is 0 Å². The summed E-state index contributed by atoms with van der Waals surface area (Å²) in [7, 11) is 1.95. The first-order chi connectivity index (χ1) is 6.58. The molecule has 0 bridgehead atoms. The number of thiophene rings is 1. The Kier molecular flexibility index (Phi) is 4.58. The van der Waals surface area contributed by atoms with Crippen LogP contribution in [-0.4, -0.2) is 30.8 Å². The van der Waals surface area contributed by atoms with Crippen molar-refractivity contribution in [3.05, 3.63) is 21.3 Å². The molecule has 1 aromatic heterocycles. The fourth-order valence-corrected chi connectivity index (χ4v) is 2.32. The molecule has 0 amide bonds. The third-order valence-corrected chi connectivity index (χ3v) is 3.15. The number of likely N-dealkylation sites (N-methyl/N-ethyl adjacent to an activating group) is 1. The summed E-state index contributed by atoms with van der Waals surface area (Å²) in [5, 5.41) is 0. The third kappa shape index (κ3) is 4.22. The van der Waals surface area contributed by atoms with Crippen LogP contribution in [0.3, 0.4) is 0 Å². The molecule has 1 aromatic rings. The molecule has 0 aromatic carbocycles. The van der Waals surface area contributed by atoms with Crippen LogP contribution >= 0.6 is 22.9 Å². The van der Waals surface area contributed by atoms with Gasteiger partial charge in [-0.05, 0) is 32.5 Å². The molecule has 0 saturated heterocycles. The zero-order chi connectivity index (χ0) is 10.6. The van der Waals surface area contributed by atoms with Crippen LogP contribution in [0.15, 0.2) is 12.1 Å². The molecule has 0 radical (unpaired) electrons. The number of rotatable bonds is 5. The highest BCUT2D eigenvalue weighted by Gasteiger charge is 2.03. The van der Waals surface area contributed by atoms with Crippen LogP contribution in [0.4, 0.5) is 0 Å². The number of Topliss-reactive ketones (excluding diaryl/α,β-unsaturated/α-hetero) is 1. The van der Waals surface area contributed by atoms with Gasteiger partial charge in [-0.3, -0.25) is 9.69 Å². The predicted molar refractivity (Wildman–Crippen MR) is 61.2 cm³/mol. The van der Waals surface area contributed by atoms with E-state index in [9.17, 15) is 4.79 Å². The average Bonchev–Trinajstić information content (AvgIpc) is 2.47. The number of hydrogen-bond donors (Lipinski definition) is 0. The van der Waals surface area contributed by atoms with Gasteiger partial charge in [-0.25, -0.2) is 0 Å². The zero-order valence-corrected chi connectivity index (χ0v) is 9.99. The standard InChI is InChI=1S/C10H14ClNOS/c1-8(13)7-12(2)6-5-9-3-4-10(11)14-9/h3-4H,5-7H2,1-2H3. The lowest BCUT2D eigenvalue weighted by molar-refractivity contribution is -0.117. The van der Waals surface area contributed by atoms with Gasteiger partial charge in [-0.2, -0.15) is 0 Å². The second-order valence-electron chi connectivity index (χ2n) is 3.40. The van der Waals surface area contributed by atoms with E-state index in [0.717, 1.165) is 17.3 Å². The van der Waals surface area contributed by atoms with Gasteiger partial charge in [-0.15, -0.1) is 11.3 Å². The summed E-state index contributed by atoms with van der Waals surface area (Å²) < 4.78 is 0.828. The van der Waals surface area contributed by atoms with Gasteiger partial charge < -0.3 is 0 Å². The highest BCUT2D eigenvalue weighted by atomic mass is 35.5. The molecule has 1 rings (SSSR count). The van der Waals surface area contributed by atoms with Crippen LogP contribution in [-0.2, 0) is 11.2 Å². The van der Waals surface area contributed by atoms with E-state index in [-0.39, 0.29) is 5.78 Å². The van der Waals surface area contributed by atoms with E-state index in [2.05, 4.69) is 0 Å². The molecule has 0 aliphatic heterocycles. The Labute approximate surface area is 93.5 Å². The van der Waals surface area contributed by atoms with E-state index in [0.29, 0.717) is 6.54 Å². The molecule has 1 heterocycles. The lowest BCUT2D eigenvalue weighted by Crippen LogP contribution is -2.26. The van der Waals surface area contributed by atoms with Gasteiger partial charge in [0, 0.05) is 11.4 Å². The molecule has 78 valence electrons. The minimum atomic E-state index is 0.205. The molecule has 0 unspecified atom stereocenters. The van der Waals surface area contributed by atoms with Gasteiger partial charge in [0.15, 0.2) is 0 Å². The summed E-state index contributed by atoms with van der Waals surface area (Å²) in [5.41, 5.74) is 0. The number of nitrogens with zero attached hydrogens (tertiary/aromatic N) is 1. The summed E-state index contributed by atoms with van der Waals surface area (Å²) in [4.78, 5) is 14.1. The molecule has 0 aliphatic rings. The van der Waals surface area contributed by atoms with Gasteiger partial charge in [-0.1, -0.05) is 11.6 Å². The highest BCUT2D eigenvalue weighted by Crippen LogP contribution is 2.21. The first-order valence-corrected chi connectivity index (χ1v) is 5.69. The monoisotopic (exact) mass is 231 g/mol. The molecule has 0 aliphatic carbocycles. The van der Waals surface area contributed by atoms with Gasteiger partial charge in [0.1, 0.15) is 5.78 Å². The second kappa shape index (κ2) is 5.49. The SMILES string of the molecule is CC(=O)CN(C)CCc1ccc(Cl)s1. The van der Waals surface area contributed by atoms with E-state index in [1.165, 1.54) is 4.88 Å². The minimum absolute atomic E-state index is 0.205. The fraction of sp³-hybridized carbons (Fsp3) is 0.500. The van der Waals surface area contributed by atoms with Crippen LogP contribution in [0.5, 0.6) is 0 Å². The van der Waals surface area contributed by atoms with Crippen LogP contribution < -0.4 is 0 Å². The van der Waals surface area contributed by atoms with Crippen molar-refractivity contribution < 1.29 is 4.79 Å². The Hall–Kier alpha value is -0.380. The summed E-state index contributed by atoms with van der Waals surface area (Å²) in [6.07, 6.45) is 0.959. The Morgan fingerprint density at radius 1 is 1.57 bits per heavy atom. The molecular weight excluding hydrogens is 218 g/mol. The Morgan fingerprint density at radius 3 is 2.79 bits per heavy atom. The van der Waals surface area contributed by atoms with E-state index in [4.69, 9.17) is 11.6 Å². The van der Waals surface area contributed by atoms with E-state index < -0.39 is 0 Å². The molecule has 0 atom stereocenters. The van der Waals surface area contributed by atoms with Gasteiger partial charge in [0.05, 0.1) is 10.9 Å². The smallest absolute Gasteiger partial charge is 0.143 e. The molecular formula is C10H14ClNOS. The summed E-state index contributed by atoms with van der Waals surface area (Å²) >= 11 is 7.41. The summed E-state index contributed by atoms with van der Waals surface area (Å²) in [6, 6.07) is 3.95. The minimum Gasteiger partial charge on any atom is -0.299 e. The first-order valence-electron chi connectivity index (χ1n) is 4.50. The first kappa shape index (κ1) is 11.7. The molecule has 0 fully saturated rings. The number of carbonyl (C=O) groups excluding carboxylic acids is 1. The van der Waals surface area contributed by atoms with Crippen molar-refractivity contribution >= 4 is 28.7 Å². The molecule has 4 heteroatoms. The van der Waals surface area contributed by atoms with Crippen LogP contribution in [0.25, 0.3) is 0 Å². The normalized spacial score (nSPS) is 10.9. The van der Waals surface area contributed by atoms with Gasteiger partial charge in [0.25, 0.3) is 0 Å². The Morgan fingerprint density at radius 2 is 2.29 bits per heavy atom. The number of carbonyl (C=O) groups is 1. The van der Waals surface area contributed by atoms with Crippen molar-refractivity contribution in [1.29, 1.82) is 0 Å². The zero-order valence-electron chi connectivity index (χ0n) is 8.42. The molecule has 14 heavy (non-hydrogen) atoms. The van der Waals surface area contributed by atoms with Crippen molar-refractivity contribution in [2.75, 3.05) is 20.1 Å². The second-order valence-corrected chi connectivity index (χ2v) is 5.20. The summed E-state index contributed by atoms with van der Waals surface area (Å²) in [6.45, 7) is 3.04. The third-order valence-electron chi connectivity index (χ3n) is 1.86. The number of hydrogen-bond acceptors (Lipinski definition) is 3. The maximum Gasteiger partial charge on any atom is 0.143 e. The lowest BCUT2D eigenvalue weighted by Gasteiger charge is -2.13. The van der Waals surface area contributed by atoms with Crippen LogP contribution in [0.2, 0.25) is 4.34 Å². The maximum atomic E-state index is 10.8. The molecule has 2 nitrogen and oxygen atoms in total. The Bertz CT molecular complexity index is 311. The quantitative estimate of drug-likeness (QED) is 0.776. The molecule has 0 saturated carbocycles. The predicted octanol–water partition coefficient (Wildman–Crippen LogP) is 2.46. The fourth-order valence-electron chi connectivity index (χ4n) is 1.25. The van der Waals surface area contributed by atoms with E-state index >= 15 is 0 Å². The van der Waals surface area contributed by atoms with Crippen LogP contribution in [0.1, 0.15) is 11.8 Å². The Balaban J connectivity index is 2.30. The van der Waals surface area contributed by atoms with Crippen molar-refractivity contribution in [2.24, 2.45) is 0 Å². The van der Waals surface area contributed by atoms with E-state index in [1.807, 2.05) is 24.1 Å². The average molecular weight is 232 g/mol. The van der Waals surface area contributed by atoms with Gasteiger partial charge in [0.2, 0.25) is 0 Å². The van der Waals surface area contributed by atoms with Crippen molar-refractivity contribution in [1.82, 2.24) is 4.90 Å². The number of halogens is 1. The largest absolute Gasteiger partial charge is 0.299 e. The number of ketones is 1. The molecule has 0 N–H and O–H groups in total. The topological polar surface area (TPSA) is 20.3 Å². The van der Waals surface area contributed by atoms with Crippen molar-refractivity contribution in [3.63, 3.8) is 0 Å². The highest BCUT2D eigenvalue weighted by molar-refractivity contribution is 7.16. The maximum absolute atomic E-state index is 10.8. The van der Waals surface area contributed by atoms with E-state index in [1.54, 1.807) is 18.3 Å². The van der Waals surface area contributed by atoms with Gasteiger partial charge >= 0.3 is 0 Å². The summed E-state index contributed by atoms with van der Waals surface area (Å²) in [5.74, 6) is 0.205. The lowest BCUT2D eigenvalue weighted by atomic mass is 10.3. The van der Waals surface area contributed by atoms with Crippen molar-refractivity contribution in [2.45, 2.75) is 13.3 Å². The van der Waals surface area contributed by atoms with Crippen LogP contribution in [0, 0.1) is 0 Å². The molecule has 0 spiro atoms.